The summed E-state index contributed by atoms with van der Waals surface area (Å²) in [5, 5.41) is 0.594. The number of hydrogen-bond acceptors (Lipinski definition) is 3. The predicted octanol–water partition coefficient (Wildman–Crippen LogP) is 6.12. The van der Waals surface area contributed by atoms with Gasteiger partial charge in [0.15, 0.2) is 5.78 Å². The van der Waals surface area contributed by atoms with E-state index >= 15 is 0 Å². The fourth-order valence-corrected chi connectivity index (χ4v) is 4.99. The zero-order valence-electron chi connectivity index (χ0n) is 19.3. The van der Waals surface area contributed by atoms with Gasteiger partial charge in [-0.1, -0.05) is 60.1 Å². The lowest BCUT2D eigenvalue weighted by Gasteiger charge is -2.35. The number of rotatable bonds is 3. The Morgan fingerprint density at radius 1 is 1.03 bits per heavy atom. The highest BCUT2D eigenvalue weighted by Crippen LogP contribution is 2.44. The van der Waals surface area contributed by atoms with Crippen LogP contribution in [0.25, 0.3) is 0 Å². The first-order valence-electron chi connectivity index (χ1n) is 11.7. The molecule has 0 spiro atoms. The molecule has 1 saturated heterocycles. The van der Waals surface area contributed by atoms with Crippen LogP contribution in [0, 0.1) is 12.7 Å². The SMILES string of the molecule is Cc1ccccc1C1=NC(c2ccc(Cl)cc2)C(c2cccc(F)c2)N1C(=O)N1CCCC(=O)C1. The van der Waals surface area contributed by atoms with Gasteiger partial charge in [-0.25, -0.2) is 9.18 Å². The van der Waals surface area contributed by atoms with E-state index in [1.54, 1.807) is 28.0 Å². The second-order valence-electron chi connectivity index (χ2n) is 8.98. The molecule has 3 aromatic rings. The van der Waals surface area contributed by atoms with E-state index < -0.39 is 12.1 Å². The first kappa shape index (κ1) is 23.2. The molecule has 0 N–H and O–H groups in total. The second-order valence-corrected chi connectivity index (χ2v) is 9.42. The Morgan fingerprint density at radius 3 is 2.51 bits per heavy atom. The Bertz CT molecular complexity index is 1310. The number of ketones is 1. The lowest BCUT2D eigenvalue weighted by atomic mass is 9.93. The molecule has 2 aliphatic heterocycles. The molecule has 0 radical (unpaired) electrons. The minimum Gasteiger partial charge on any atom is -0.317 e. The van der Waals surface area contributed by atoms with Gasteiger partial charge >= 0.3 is 6.03 Å². The third kappa shape index (κ3) is 4.58. The second kappa shape index (κ2) is 9.62. The number of urea groups is 1. The average Bonchev–Trinajstić information content (AvgIpc) is 3.24. The largest absolute Gasteiger partial charge is 0.326 e. The zero-order valence-corrected chi connectivity index (χ0v) is 20.1. The summed E-state index contributed by atoms with van der Waals surface area (Å²) in [6, 6.07) is 20.0. The molecule has 0 bridgehead atoms. The molecular formula is C28H25ClFN3O2. The molecule has 35 heavy (non-hydrogen) atoms. The van der Waals surface area contributed by atoms with Crippen molar-refractivity contribution >= 4 is 29.3 Å². The molecule has 0 saturated carbocycles. The van der Waals surface area contributed by atoms with Crippen LogP contribution in [0.4, 0.5) is 9.18 Å². The van der Waals surface area contributed by atoms with E-state index in [9.17, 15) is 14.0 Å². The maximum Gasteiger partial charge on any atom is 0.326 e. The molecule has 178 valence electrons. The lowest BCUT2D eigenvalue weighted by Crippen LogP contribution is -2.50. The number of aryl methyl sites for hydroxylation is 1. The molecule has 2 unspecified atom stereocenters. The van der Waals surface area contributed by atoms with Crippen LogP contribution in [-0.4, -0.2) is 40.5 Å². The summed E-state index contributed by atoms with van der Waals surface area (Å²) < 4.78 is 14.4. The fourth-order valence-electron chi connectivity index (χ4n) is 4.86. The lowest BCUT2D eigenvalue weighted by molar-refractivity contribution is -0.121. The number of benzene rings is 3. The smallest absolute Gasteiger partial charge is 0.317 e. The first-order chi connectivity index (χ1) is 16.9. The molecule has 7 heteroatoms. The quantitative estimate of drug-likeness (QED) is 0.445. The number of carbonyl (C=O) groups excluding carboxylic acids is 2. The molecule has 0 aliphatic carbocycles. The van der Waals surface area contributed by atoms with Crippen molar-refractivity contribution in [1.29, 1.82) is 0 Å². The molecule has 3 aromatic carbocycles. The van der Waals surface area contributed by atoms with E-state index in [-0.39, 0.29) is 24.2 Å². The molecule has 1 fully saturated rings. The molecule has 2 atom stereocenters. The van der Waals surface area contributed by atoms with E-state index in [2.05, 4.69) is 0 Å². The number of amidine groups is 1. The number of piperidine rings is 1. The van der Waals surface area contributed by atoms with E-state index in [4.69, 9.17) is 16.6 Å². The Labute approximate surface area is 208 Å². The van der Waals surface area contributed by atoms with Gasteiger partial charge in [0.05, 0.1) is 12.6 Å². The number of hydrogen-bond donors (Lipinski definition) is 0. The van der Waals surface area contributed by atoms with Crippen molar-refractivity contribution in [3.8, 4) is 0 Å². The molecule has 2 amide bonds. The maximum absolute atomic E-state index is 14.4. The van der Waals surface area contributed by atoms with E-state index in [0.29, 0.717) is 35.8 Å². The molecule has 5 nitrogen and oxygen atoms in total. The Morgan fingerprint density at radius 2 is 1.80 bits per heavy atom. The van der Waals surface area contributed by atoms with E-state index in [0.717, 1.165) is 16.7 Å². The topological polar surface area (TPSA) is 53.0 Å². The van der Waals surface area contributed by atoms with Crippen LogP contribution in [0.1, 0.15) is 47.2 Å². The fraction of sp³-hybridized carbons (Fsp3) is 0.250. The zero-order chi connectivity index (χ0) is 24.5. The molecule has 0 aromatic heterocycles. The monoisotopic (exact) mass is 489 g/mol. The maximum atomic E-state index is 14.4. The summed E-state index contributed by atoms with van der Waals surface area (Å²) in [7, 11) is 0. The minimum absolute atomic E-state index is 0.0368. The van der Waals surface area contributed by atoms with Crippen LogP contribution in [0.3, 0.4) is 0 Å². The molecule has 2 aliphatic rings. The van der Waals surface area contributed by atoms with Crippen molar-refractivity contribution < 1.29 is 14.0 Å². The van der Waals surface area contributed by atoms with Crippen LogP contribution in [-0.2, 0) is 4.79 Å². The van der Waals surface area contributed by atoms with Crippen molar-refractivity contribution in [3.63, 3.8) is 0 Å². The summed E-state index contributed by atoms with van der Waals surface area (Å²) in [4.78, 5) is 34.5. The van der Waals surface area contributed by atoms with Gasteiger partial charge in [0.1, 0.15) is 17.7 Å². The Balaban J connectivity index is 1.69. The van der Waals surface area contributed by atoms with Gasteiger partial charge in [-0.05, 0) is 54.3 Å². The van der Waals surface area contributed by atoms with Crippen molar-refractivity contribution in [2.45, 2.75) is 31.8 Å². The van der Waals surface area contributed by atoms with Crippen LogP contribution in [0.5, 0.6) is 0 Å². The van der Waals surface area contributed by atoms with Gasteiger partial charge in [0, 0.05) is 23.6 Å². The van der Waals surface area contributed by atoms with Crippen LogP contribution in [0.2, 0.25) is 5.02 Å². The summed E-state index contributed by atoms with van der Waals surface area (Å²) in [5.41, 5.74) is 3.28. The third-order valence-corrected chi connectivity index (χ3v) is 6.83. The number of halogens is 2. The minimum atomic E-state index is -0.592. The summed E-state index contributed by atoms with van der Waals surface area (Å²) >= 11 is 6.14. The van der Waals surface area contributed by atoms with Crippen molar-refractivity contribution in [3.05, 3.63) is 106 Å². The van der Waals surface area contributed by atoms with Crippen LogP contribution >= 0.6 is 11.6 Å². The highest BCUT2D eigenvalue weighted by atomic mass is 35.5. The Hall–Kier alpha value is -3.51. The standard InChI is InChI=1S/C28H25ClFN3O2/c1-18-6-2-3-10-24(18)27-31-25(19-11-13-21(29)14-12-19)26(20-7-4-8-22(30)16-20)33(27)28(35)32-15-5-9-23(34)17-32/h2-4,6-8,10-14,16,25-26H,5,9,15,17H2,1H3. The number of aliphatic imine (C=N–C) groups is 1. The first-order valence-corrected chi connectivity index (χ1v) is 12.0. The summed E-state index contributed by atoms with van der Waals surface area (Å²) in [6.07, 6.45) is 1.10. The van der Waals surface area contributed by atoms with Gasteiger partial charge in [0.2, 0.25) is 0 Å². The van der Waals surface area contributed by atoms with Crippen molar-refractivity contribution in [1.82, 2.24) is 9.80 Å². The normalized spacial score (nSPS) is 20.2. The van der Waals surface area contributed by atoms with Gasteiger partial charge in [-0.15, -0.1) is 0 Å². The summed E-state index contributed by atoms with van der Waals surface area (Å²) in [5.74, 6) is 0.164. The highest BCUT2D eigenvalue weighted by molar-refractivity contribution is 6.30. The predicted molar refractivity (Wildman–Crippen MR) is 134 cm³/mol. The summed E-state index contributed by atoms with van der Waals surface area (Å²) in [6.45, 7) is 2.53. The van der Waals surface area contributed by atoms with Crippen molar-refractivity contribution in [2.75, 3.05) is 13.1 Å². The van der Waals surface area contributed by atoms with Gasteiger partial charge in [0.25, 0.3) is 0 Å². The Kier molecular flexibility index (Phi) is 6.39. The molecule has 2 heterocycles. The number of Topliss-reactive ketones (excluding diaryl/α,β-unsaturated/α-hetero) is 1. The van der Waals surface area contributed by atoms with Crippen LogP contribution in [0.15, 0.2) is 77.8 Å². The third-order valence-electron chi connectivity index (χ3n) is 6.58. The number of nitrogens with zero attached hydrogens (tertiary/aromatic N) is 3. The van der Waals surface area contributed by atoms with Gasteiger partial charge in [-0.2, -0.15) is 0 Å². The van der Waals surface area contributed by atoms with Gasteiger partial charge in [-0.3, -0.25) is 14.7 Å². The van der Waals surface area contributed by atoms with E-state index in [1.807, 2.05) is 49.4 Å². The van der Waals surface area contributed by atoms with Gasteiger partial charge < -0.3 is 4.90 Å². The molecular weight excluding hydrogens is 465 g/mol. The number of carbonyl (C=O) groups is 2. The highest BCUT2D eigenvalue weighted by Gasteiger charge is 2.44. The number of amides is 2. The number of likely N-dealkylation sites (tertiary alicyclic amines) is 1. The van der Waals surface area contributed by atoms with Crippen LogP contribution < -0.4 is 0 Å². The van der Waals surface area contributed by atoms with Crippen molar-refractivity contribution in [2.24, 2.45) is 4.99 Å². The van der Waals surface area contributed by atoms with E-state index in [1.165, 1.54) is 12.1 Å². The average molecular weight is 490 g/mol. The molecule has 5 rings (SSSR count).